The number of carbonyl (C=O) groups is 1. The van der Waals surface area contributed by atoms with Crippen molar-refractivity contribution in [2.75, 3.05) is 12.8 Å². The molecule has 0 saturated carbocycles. The van der Waals surface area contributed by atoms with Gasteiger partial charge in [-0.2, -0.15) is 11.8 Å². The third-order valence-electron chi connectivity index (χ3n) is 1.67. The lowest BCUT2D eigenvalue weighted by atomic mass is 10.3. The summed E-state index contributed by atoms with van der Waals surface area (Å²) in [6.45, 7) is 4.55. The second kappa shape index (κ2) is 6.31. The molecule has 1 amide bonds. The zero-order chi connectivity index (χ0) is 9.56. The van der Waals surface area contributed by atoms with Crippen LogP contribution in [0.2, 0.25) is 0 Å². The summed E-state index contributed by atoms with van der Waals surface area (Å²) < 4.78 is 0. The molecule has 0 aliphatic heterocycles. The van der Waals surface area contributed by atoms with Crippen molar-refractivity contribution >= 4 is 17.7 Å². The molecule has 0 radical (unpaired) electrons. The maximum Gasteiger partial charge on any atom is 0.236 e. The van der Waals surface area contributed by atoms with Crippen molar-refractivity contribution in [3.8, 4) is 0 Å². The fourth-order valence-electron chi connectivity index (χ4n) is 0.677. The summed E-state index contributed by atoms with van der Waals surface area (Å²) in [4.78, 5) is 11.0. The zero-order valence-electron chi connectivity index (χ0n) is 7.96. The van der Waals surface area contributed by atoms with E-state index in [0.29, 0.717) is 5.25 Å². The zero-order valence-corrected chi connectivity index (χ0v) is 8.78. The first-order valence-corrected chi connectivity index (χ1v) is 5.42. The Kier molecular flexibility index (Phi) is 6.20. The van der Waals surface area contributed by atoms with Crippen molar-refractivity contribution in [1.29, 1.82) is 0 Å². The molecule has 0 spiro atoms. The molecule has 2 unspecified atom stereocenters. The molecular formula is C8H18N2OS. The first-order valence-electron chi connectivity index (χ1n) is 4.14. The van der Waals surface area contributed by atoms with Crippen LogP contribution in [-0.4, -0.2) is 30.0 Å². The minimum atomic E-state index is -0.394. The van der Waals surface area contributed by atoms with Crippen LogP contribution < -0.4 is 11.1 Å². The van der Waals surface area contributed by atoms with Crippen LogP contribution in [0, 0.1) is 0 Å². The number of rotatable bonds is 5. The van der Waals surface area contributed by atoms with E-state index in [1.54, 1.807) is 18.7 Å². The van der Waals surface area contributed by atoms with Crippen molar-refractivity contribution in [3.05, 3.63) is 0 Å². The molecule has 0 bridgehead atoms. The number of carbonyl (C=O) groups excluding carboxylic acids is 1. The van der Waals surface area contributed by atoms with Crippen molar-refractivity contribution in [3.63, 3.8) is 0 Å². The molecule has 0 rings (SSSR count). The first-order chi connectivity index (χ1) is 5.57. The van der Waals surface area contributed by atoms with Gasteiger partial charge in [-0.1, -0.05) is 6.92 Å². The number of hydrogen-bond donors (Lipinski definition) is 2. The summed E-state index contributed by atoms with van der Waals surface area (Å²) in [5, 5.41) is 3.37. The molecule has 0 aliphatic rings. The average Bonchev–Trinajstić information content (AvgIpc) is 2.03. The minimum Gasteiger partial charge on any atom is -0.355 e. The molecule has 0 aliphatic carbocycles. The monoisotopic (exact) mass is 190 g/mol. The Hall–Kier alpha value is -0.220. The van der Waals surface area contributed by atoms with Gasteiger partial charge < -0.3 is 11.1 Å². The smallest absolute Gasteiger partial charge is 0.236 e. The number of hydrogen-bond acceptors (Lipinski definition) is 3. The van der Waals surface area contributed by atoms with Crippen LogP contribution in [0.25, 0.3) is 0 Å². The van der Waals surface area contributed by atoms with E-state index in [0.717, 1.165) is 13.0 Å². The number of thioether (sulfide) groups is 1. The second-order valence-corrected chi connectivity index (χ2v) is 4.19. The lowest BCUT2D eigenvalue weighted by Gasteiger charge is -2.10. The van der Waals surface area contributed by atoms with Gasteiger partial charge in [-0.15, -0.1) is 0 Å². The summed E-state index contributed by atoms with van der Waals surface area (Å²) >= 11 is 1.80. The first kappa shape index (κ1) is 11.8. The molecule has 0 fully saturated rings. The maximum atomic E-state index is 11.0. The molecular weight excluding hydrogens is 172 g/mol. The molecule has 0 saturated heterocycles. The lowest BCUT2D eigenvalue weighted by Crippen LogP contribution is -2.39. The van der Waals surface area contributed by atoms with Gasteiger partial charge in [0.15, 0.2) is 0 Å². The molecule has 0 aromatic rings. The van der Waals surface area contributed by atoms with Crippen LogP contribution in [0.3, 0.4) is 0 Å². The van der Waals surface area contributed by atoms with Crippen LogP contribution in [-0.2, 0) is 4.79 Å². The summed E-state index contributed by atoms with van der Waals surface area (Å²) in [5.74, 6) is -0.0664. The van der Waals surface area contributed by atoms with Gasteiger partial charge >= 0.3 is 0 Å². The number of amides is 1. The molecule has 2 atom stereocenters. The average molecular weight is 190 g/mol. The highest BCUT2D eigenvalue weighted by molar-refractivity contribution is 7.99. The van der Waals surface area contributed by atoms with Gasteiger partial charge in [0.25, 0.3) is 0 Å². The third-order valence-corrected chi connectivity index (χ3v) is 2.71. The maximum absolute atomic E-state index is 11.0. The Morgan fingerprint density at radius 1 is 1.58 bits per heavy atom. The topological polar surface area (TPSA) is 55.1 Å². The van der Waals surface area contributed by atoms with E-state index in [9.17, 15) is 4.79 Å². The second-order valence-electron chi connectivity index (χ2n) is 2.91. The van der Waals surface area contributed by atoms with Gasteiger partial charge in [0.05, 0.1) is 6.04 Å². The van der Waals surface area contributed by atoms with Crippen LogP contribution in [0.5, 0.6) is 0 Å². The highest BCUT2D eigenvalue weighted by atomic mass is 32.2. The minimum absolute atomic E-state index is 0.0664. The Bertz CT molecular complexity index is 139. The molecule has 0 aromatic heterocycles. The van der Waals surface area contributed by atoms with E-state index >= 15 is 0 Å². The van der Waals surface area contributed by atoms with Crippen LogP contribution in [0.1, 0.15) is 20.3 Å². The highest BCUT2D eigenvalue weighted by Gasteiger charge is 2.06. The largest absolute Gasteiger partial charge is 0.355 e. The molecule has 3 nitrogen and oxygen atoms in total. The molecule has 12 heavy (non-hydrogen) atoms. The van der Waals surface area contributed by atoms with Crippen LogP contribution >= 0.6 is 11.8 Å². The highest BCUT2D eigenvalue weighted by Crippen LogP contribution is 2.07. The Morgan fingerprint density at radius 3 is 2.58 bits per heavy atom. The van der Waals surface area contributed by atoms with E-state index in [1.165, 1.54) is 0 Å². The molecule has 72 valence electrons. The van der Waals surface area contributed by atoms with E-state index < -0.39 is 6.04 Å². The Labute approximate surface area is 78.5 Å². The lowest BCUT2D eigenvalue weighted by molar-refractivity contribution is -0.121. The summed E-state index contributed by atoms with van der Waals surface area (Å²) in [7, 11) is 0. The van der Waals surface area contributed by atoms with Crippen molar-refractivity contribution in [1.82, 2.24) is 5.32 Å². The van der Waals surface area contributed by atoms with Crippen molar-refractivity contribution < 1.29 is 4.79 Å². The van der Waals surface area contributed by atoms with Gasteiger partial charge in [-0.25, -0.2) is 0 Å². The van der Waals surface area contributed by atoms with Gasteiger partial charge in [-0.05, 0) is 19.6 Å². The summed E-state index contributed by atoms with van der Waals surface area (Å²) in [6, 6.07) is -0.394. The third kappa shape index (κ3) is 5.43. The number of nitrogens with two attached hydrogens (primary N) is 1. The molecule has 0 heterocycles. The van der Waals surface area contributed by atoms with Gasteiger partial charge in [0.1, 0.15) is 0 Å². The number of nitrogens with one attached hydrogen (secondary N) is 1. The van der Waals surface area contributed by atoms with Crippen LogP contribution in [0.15, 0.2) is 0 Å². The Morgan fingerprint density at radius 2 is 2.17 bits per heavy atom. The van der Waals surface area contributed by atoms with E-state index in [1.807, 2.05) is 0 Å². The fourth-order valence-corrected chi connectivity index (χ4v) is 1.03. The molecule has 3 N–H and O–H groups in total. The van der Waals surface area contributed by atoms with E-state index in [4.69, 9.17) is 5.73 Å². The predicted molar refractivity (Wildman–Crippen MR) is 54.3 cm³/mol. The van der Waals surface area contributed by atoms with Gasteiger partial charge in [0, 0.05) is 11.8 Å². The van der Waals surface area contributed by atoms with E-state index in [2.05, 4.69) is 18.5 Å². The molecule has 0 aromatic carbocycles. The fraction of sp³-hybridized carbons (Fsp3) is 0.875. The van der Waals surface area contributed by atoms with Crippen molar-refractivity contribution in [2.45, 2.75) is 31.6 Å². The molecule has 4 heteroatoms. The van der Waals surface area contributed by atoms with E-state index in [-0.39, 0.29) is 5.91 Å². The normalized spacial score (nSPS) is 15.3. The van der Waals surface area contributed by atoms with Crippen LogP contribution in [0.4, 0.5) is 0 Å². The van der Waals surface area contributed by atoms with Gasteiger partial charge in [0.2, 0.25) is 5.91 Å². The van der Waals surface area contributed by atoms with Crippen molar-refractivity contribution in [2.24, 2.45) is 5.73 Å². The summed E-state index contributed by atoms with van der Waals surface area (Å²) in [6.07, 6.45) is 3.07. The van der Waals surface area contributed by atoms with Gasteiger partial charge in [-0.3, -0.25) is 4.79 Å². The Balaban J connectivity index is 3.37. The quantitative estimate of drug-likeness (QED) is 0.667. The SMILES string of the molecule is CSC(C)CCNC(=O)C(C)N. The predicted octanol–water partition coefficient (Wildman–Crippen LogP) is 0.591. The summed E-state index contributed by atoms with van der Waals surface area (Å²) in [5.41, 5.74) is 5.37. The standard InChI is InChI=1S/C8H18N2OS/c1-6(12-3)4-5-10-8(11)7(2)9/h6-7H,4-5,9H2,1-3H3,(H,10,11).